The van der Waals surface area contributed by atoms with Gasteiger partial charge in [-0.1, -0.05) is 5.92 Å². The molecule has 1 N–H and O–H groups in total. The Morgan fingerprint density at radius 1 is 1.57 bits per heavy atom. The first-order chi connectivity index (χ1) is 6.45. The van der Waals surface area contributed by atoms with Crippen molar-refractivity contribution in [2.75, 3.05) is 0 Å². The van der Waals surface area contributed by atoms with Crippen LogP contribution in [0.1, 0.15) is 11.7 Å². The van der Waals surface area contributed by atoms with E-state index in [9.17, 15) is 13.2 Å². The maximum Gasteiger partial charge on any atom is 0.418 e. The molecule has 0 aliphatic carbocycles. The summed E-state index contributed by atoms with van der Waals surface area (Å²) in [6.07, 6.45) is 0.468. The standard InChI is InChI=1S/C9H8F3NO/c1-2-4-13-5-3-7(6-13)8(14)9(10,11)12/h1,3,5-6,8,14H,4H2. The minimum Gasteiger partial charge on any atom is -0.379 e. The van der Waals surface area contributed by atoms with Gasteiger partial charge >= 0.3 is 6.18 Å². The Balaban J connectivity index is 2.82. The Morgan fingerprint density at radius 2 is 2.21 bits per heavy atom. The second-order valence-electron chi connectivity index (χ2n) is 2.77. The minimum atomic E-state index is -4.64. The van der Waals surface area contributed by atoms with Gasteiger partial charge in [-0.15, -0.1) is 6.42 Å². The number of alkyl halides is 3. The molecule has 0 bridgehead atoms. The van der Waals surface area contributed by atoms with E-state index in [1.807, 2.05) is 0 Å². The normalized spacial score (nSPS) is 13.6. The van der Waals surface area contributed by atoms with Gasteiger partial charge in [-0.05, 0) is 6.07 Å². The average molecular weight is 203 g/mol. The van der Waals surface area contributed by atoms with Crippen LogP contribution in [0.25, 0.3) is 0 Å². The van der Waals surface area contributed by atoms with Crippen molar-refractivity contribution in [2.24, 2.45) is 0 Å². The highest BCUT2D eigenvalue weighted by molar-refractivity contribution is 5.15. The molecule has 1 aromatic heterocycles. The van der Waals surface area contributed by atoms with Crippen LogP contribution in [-0.4, -0.2) is 15.8 Å². The first-order valence-electron chi connectivity index (χ1n) is 3.79. The van der Waals surface area contributed by atoms with E-state index >= 15 is 0 Å². The maximum atomic E-state index is 12.0. The summed E-state index contributed by atoms with van der Waals surface area (Å²) < 4.78 is 37.5. The van der Waals surface area contributed by atoms with Gasteiger partial charge in [-0.25, -0.2) is 0 Å². The Labute approximate surface area is 79.0 Å². The summed E-state index contributed by atoms with van der Waals surface area (Å²) in [5.74, 6) is 2.28. The van der Waals surface area contributed by atoms with Gasteiger partial charge in [0.25, 0.3) is 0 Å². The van der Waals surface area contributed by atoms with Crippen LogP contribution in [0, 0.1) is 12.3 Å². The molecule has 5 heteroatoms. The molecule has 1 aromatic rings. The molecule has 0 amide bonds. The lowest BCUT2D eigenvalue weighted by Gasteiger charge is -2.12. The quantitative estimate of drug-likeness (QED) is 0.727. The van der Waals surface area contributed by atoms with E-state index in [2.05, 4.69) is 5.92 Å². The zero-order valence-electron chi connectivity index (χ0n) is 7.12. The van der Waals surface area contributed by atoms with E-state index in [1.165, 1.54) is 23.0 Å². The zero-order valence-corrected chi connectivity index (χ0v) is 7.12. The Bertz CT molecular complexity index is 348. The van der Waals surface area contributed by atoms with Crippen LogP contribution in [-0.2, 0) is 6.54 Å². The van der Waals surface area contributed by atoms with E-state index in [0.717, 1.165) is 0 Å². The summed E-state index contributed by atoms with van der Waals surface area (Å²) in [7, 11) is 0. The molecule has 1 heterocycles. The van der Waals surface area contributed by atoms with Crippen molar-refractivity contribution >= 4 is 0 Å². The number of nitrogens with zero attached hydrogens (tertiary/aromatic N) is 1. The van der Waals surface area contributed by atoms with Crippen molar-refractivity contribution < 1.29 is 18.3 Å². The minimum absolute atomic E-state index is 0.185. The fourth-order valence-corrected chi connectivity index (χ4v) is 1.01. The number of halogens is 3. The summed E-state index contributed by atoms with van der Waals surface area (Å²) in [5.41, 5.74) is -0.201. The highest BCUT2D eigenvalue weighted by atomic mass is 19.4. The van der Waals surface area contributed by atoms with Gasteiger partial charge in [-0.2, -0.15) is 13.2 Å². The van der Waals surface area contributed by atoms with Crippen molar-refractivity contribution in [3.05, 3.63) is 24.0 Å². The maximum absolute atomic E-state index is 12.0. The molecular formula is C9H8F3NO. The van der Waals surface area contributed by atoms with Gasteiger partial charge < -0.3 is 9.67 Å². The third-order valence-electron chi connectivity index (χ3n) is 1.67. The van der Waals surface area contributed by atoms with E-state index in [0.29, 0.717) is 0 Å². The van der Waals surface area contributed by atoms with Crippen LogP contribution in [0.15, 0.2) is 18.5 Å². The summed E-state index contributed by atoms with van der Waals surface area (Å²) >= 11 is 0. The number of hydrogen-bond donors (Lipinski definition) is 1. The van der Waals surface area contributed by atoms with E-state index < -0.39 is 12.3 Å². The lowest BCUT2D eigenvalue weighted by Crippen LogP contribution is -2.19. The number of aromatic nitrogens is 1. The molecule has 0 spiro atoms. The predicted molar refractivity (Wildman–Crippen MR) is 44.3 cm³/mol. The van der Waals surface area contributed by atoms with Crippen molar-refractivity contribution in [2.45, 2.75) is 18.8 Å². The van der Waals surface area contributed by atoms with Crippen LogP contribution in [0.3, 0.4) is 0 Å². The summed E-state index contributed by atoms with van der Waals surface area (Å²) in [6.45, 7) is 0.185. The molecule has 76 valence electrons. The average Bonchev–Trinajstić information content (AvgIpc) is 2.50. The van der Waals surface area contributed by atoms with Gasteiger partial charge in [0.1, 0.15) is 0 Å². The van der Waals surface area contributed by atoms with Crippen LogP contribution < -0.4 is 0 Å². The molecule has 0 aromatic carbocycles. The zero-order chi connectivity index (χ0) is 10.8. The highest BCUT2D eigenvalue weighted by Crippen LogP contribution is 2.32. The fraction of sp³-hybridized carbons (Fsp3) is 0.333. The molecule has 1 unspecified atom stereocenters. The molecule has 0 saturated carbocycles. The molecule has 1 atom stereocenters. The lowest BCUT2D eigenvalue weighted by atomic mass is 10.2. The number of aliphatic hydroxyl groups excluding tert-OH is 1. The molecule has 14 heavy (non-hydrogen) atoms. The molecule has 0 saturated heterocycles. The third-order valence-corrected chi connectivity index (χ3v) is 1.67. The van der Waals surface area contributed by atoms with Gasteiger partial charge in [0.2, 0.25) is 0 Å². The van der Waals surface area contributed by atoms with Crippen LogP contribution >= 0.6 is 0 Å². The van der Waals surface area contributed by atoms with E-state index in [1.54, 1.807) is 0 Å². The smallest absolute Gasteiger partial charge is 0.379 e. The molecule has 0 fully saturated rings. The Hall–Kier alpha value is -1.41. The van der Waals surface area contributed by atoms with Crippen LogP contribution in [0.2, 0.25) is 0 Å². The monoisotopic (exact) mass is 203 g/mol. The number of aliphatic hydroxyl groups is 1. The SMILES string of the molecule is C#CCn1ccc(C(O)C(F)(F)F)c1. The van der Waals surface area contributed by atoms with Crippen LogP contribution in [0.4, 0.5) is 13.2 Å². The first kappa shape index (κ1) is 10.7. The Morgan fingerprint density at radius 3 is 2.71 bits per heavy atom. The molecular weight excluding hydrogens is 195 g/mol. The van der Waals surface area contributed by atoms with Gasteiger partial charge in [0, 0.05) is 18.0 Å². The summed E-state index contributed by atoms with van der Waals surface area (Å²) in [4.78, 5) is 0. The van der Waals surface area contributed by atoms with Crippen LogP contribution in [0.5, 0.6) is 0 Å². The van der Waals surface area contributed by atoms with Crippen molar-refractivity contribution in [3.63, 3.8) is 0 Å². The van der Waals surface area contributed by atoms with E-state index in [-0.39, 0.29) is 12.1 Å². The third kappa shape index (κ3) is 2.30. The number of hydrogen-bond acceptors (Lipinski definition) is 1. The first-order valence-corrected chi connectivity index (χ1v) is 3.79. The van der Waals surface area contributed by atoms with Crippen molar-refractivity contribution in [3.8, 4) is 12.3 Å². The van der Waals surface area contributed by atoms with E-state index in [4.69, 9.17) is 11.5 Å². The number of terminal acetylenes is 1. The highest BCUT2D eigenvalue weighted by Gasteiger charge is 2.39. The summed E-state index contributed by atoms with van der Waals surface area (Å²) in [6, 6.07) is 1.19. The molecule has 0 aliphatic rings. The molecule has 2 nitrogen and oxygen atoms in total. The van der Waals surface area contributed by atoms with Gasteiger partial charge in [0.05, 0.1) is 6.54 Å². The van der Waals surface area contributed by atoms with Crippen molar-refractivity contribution in [1.29, 1.82) is 0 Å². The molecule has 0 aliphatic heterocycles. The lowest BCUT2D eigenvalue weighted by molar-refractivity contribution is -0.206. The number of rotatable bonds is 2. The largest absolute Gasteiger partial charge is 0.418 e. The molecule has 1 rings (SSSR count). The van der Waals surface area contributed by atoms with Gasteiger partial charge in [-0.3, -0.25) is 0 Å². The fourth-order valence-electron chi connectivity index (χ4n) is 1.01. The second kappa shape index (κ2) is 3.76. The topological polar surface area (TPSA) is 25.2 Å². The molecule has 0 radical (unpaired) electrons. The Kier molecular flexibility index (Phi) is 2.87. The van der Waals surface area contributed by atoms with Crippen molar-refractivity contribution in [1.82, 2.24) is 4.57 Å². The second-order valence-corrected chi connectivity index (χ2v) is 2.77. The van der Waals surface area contributed by atoms with Gasteiger partial charge in [0.15, 0.2) is 6.10 Å². The summed E-state index contributed by atoms with van der Waals surface area (Å²) in [5, 5.41) is 8.85. The predicted octanol–water partition coefficient (Wildman–Crippen LogP) is 1.72.